The van der Waals surface area contributed by atoms with Crippen LogP contribution in [0.2, 0.25) is 0 Å². The van der Waals surface area contributed by atoms with Crippen LogP contribution in [-0.2, 0) is 34.5 Å². The molecule has 3 rings (SSSR count). The van der Waals surface area contributed by atoms with E-state index in [0.29, 0.717) is 5.56 Å². The van der Waals surface area contributed by atoms with Crippen LogP contribution < -0.4 is 5.32 Å². The first kappa shape index (κ1) is 28.3. The lowest BCUT2D eigenvalue weighted by atomic mass is 10.0. The summed E-state index contributed by atoms with van der Waals surface area (Å²) in [4.78, 5) is 12.6. The maximum atomic E-state index is 13.4. The Balaban J connectivity index is 1.78. The highest BCUT2D eigenvalue weighted by Crippen LogP contribution is 2.16. The highest BCUT2D eigenvalue weighted by Gasteiger charge is 2.31. The number of ether oxygens (including phenoxy) is 1. The zero-order chi connectivity index (χ0) is 26.8. The van der Waals surface area contributed by atoms with Gasteiger partial charge in [0.1, 0.15) is 12.4 Å². The fourth-order valence-corrected chi connectivity index (χ4v) is 4.78. The molecule has 0 bridgehead atoms. The Morgan fingerprint density at radius 3 is 2.05 bits per heavy atom. The van der Waals surface area contributed by atoms with E-state index in [1.165, 1.54) is 38.4 Å². The number of aliphatic hydroxyl groups excluding tert-OH is 1. The number of rotatable bonds is 12. The van der Waals surface area contributed by atoms with Gasteiger partial charge >= 0.3 is 6.09 Å². The van der Waals surface area contributed by atoms with E-state index in [4.69, 9.17) is 4.74 Å². The van der Waals surface area contributed by atoms with Crippen LogP contribution in [0.15, 0.2) is 84.9 Å². The third-order valence-electron chi connectivity index (χ3n) is 5.73. The Bertz CT molecular complexity index is 1230. The lowest BCUT2D eigenvalue weighted by Gasteiger charge is -2.31. The van der Waals surface area contributed by atoms with E-state index < -0.39 is 34.3 Å². The Labute approximate surface area is 217 Å². The molecule has 37 heavy (non-hydrogen) atoms. The number of amides is 1. The summed E-state index contributed by atoms with van der Waals surface area (Å²) in [6.45, 7) is -0.352. The van der Waals surface area contributed by atoms with Gasteiger partial charge in [-0.25, -0.2) is 9.18 Å². The van der Waals surface area contributed by atoms with Crippen molar-refractivity contribution in [3.05, 3.63) is 107 Å². The maximum Gasteiger partial charge on any atom is 0.407 e. The fraction of sp³-hybridized carbons (Fsp3) is 0.296. The summed E-state index contributed by atoms with van der Waals surface area (Å²) in [5, 5.41) is 13.9. The van der Waals surface area contributed by atoms with Crippen molar-refractivity contribution in [2.75, 3.05) is 20.6 Å². The molecule has 8 nitrogen and oxygen atoms in total. The first-order chi connectivity index (χ1) is 17.6. The number of nitrogens with one attached hydrogen (secondary N) is 1. The smallest absolute Gasteiger partial charge is 0.407 e. The second-order valence-electron chi connectivity index (χ2n) is 8.78. The van der Waals surface area contributed by atoms with E-state index in [2.05, 4.69) is 5.32 Å². The lowest BCUT2D eigenvalue weighted by molar-refractivity contribution is 0.0870. The van der Waals surface area contributed by atoms with Crippen molar-refractivity contribution in [1.29, 1.82) is 0 Å². The quantitative estimate of drug-likeness (QED) is 0.375. The van der Waals surface area contributed by atoms with Crippen molar-refractivity contribution in [2.24, 2.45) is 0 Å². The van der Waals surface area contributed by atoms with Gasteiger partial charge in [0.25, 0.3) is 10.2 Å². The molecule has 10 heteroatoms. The molecule has 0 unspecified atom stereocenters. The molecular weight excluding hydrogens is 497 g/mol. The number of carbonyl (C=O) groups excluding carboxylic acids is 1. The predicted octanol–water partition coefficient (Wildman–Crippen LogP) is 3.33. The number of carbonyl (C=O) groups is 1. The summed E-state index contributed by atoms with van der Waals surface area (Å²) in [5.74, 6) is -0.438. The summed E-state index contributed by atoms with van der Waals surface area (Å²) in [6, 6.07) is 23.0. The normalized spacial score (nSPS) is 13.4. The second kappa shape index (κ2) is 13.3. The molecule has 0 aliphatic heterocycles. The zero-order valence-electron chi connectivity index (χ0n) is 20.8. The first-order valence-corrected chi connectivity index (χ1v) is 13.2. The topological polar surface area (TPSA) is 99.2 Å². The molecular formula is C27H32FN3O5S. The van der Waals surface area contributed by atoms with Gasteiger partial charge in [0, 0.05) is 27.2 Å². The Kier molecular flexibility index (Phi) is 10.2. The van der Waals surface area contributed by atoms with Crippen LogP contribution in [0.3, 0.4) is 0 Å². The largest absolute Gasteiger partial charge is 0.445 e. The molecule has 0 aliphatic carbocycles. The highest BCUT2D eigenvalue weighted by atomic mass is 32.2. The summed E-state index contributed by atoms with van der Waals surface area (Å²) in [6.07, 6.45) is -1.77. The van der Waals surface area contributed by atoms with Crippen LogP contribution in [0.25, 0.3) is 0 Å². The number of benzene rings is 3. The predicted molar refractivity (Wildman–Crippen MR) is 139 cm³/mol. The molecule has 0 radical (unpaired) electrons. The van der Waals surface area contributed by atoms with Gasteiger partial charge in [-0.15, -0.1) is 0 Å². The van der Waals surface area contributed by atoms with Gasteiger partial charge in [-0.1, -0.05) is 72.8 Å². The minimum absolute atomic E-state index is 0.0481. The first-order valence-electron chi connectivity index (χ1n) is 11.8. The zero-order valence-corrected chi connectivity index (χ0v) is 21.6. The Hall–Kier alpha value is -3.31. The molecule has 0 heterocycles. The van der Waals surface area contributed by atoms with Gasteiger partial charge in [-0.05, 0) is 35.2 Å². The number of alkyl carbamates (subject to hydrolysis) is 1. The van der Waals surface area contributed by atoms with Crippen LogP contribution in [0, 0.1) is 5.82 Å². The van der Waals surface area contributed by atoms with Crippen LogP contribution in [0.5, 0.6) is 0 Å². The highest BCUT2D eigenvalue weighted by molar-refractivity contribution is 7.86. The standard InChI is InChI=1S/C27H32FN3O5S/c1-30(2)37(34,35)31(18-22-13-15-24(28)16-14-22)19-26(32)25(17-21-9-5-3-6-10-21)29-27(33)36-20-23-11-7-4-8-12-23/h3-16,25-26,32H,17-20H2,1-2H3,(H,29,33)/t25-,26+/m0/s1. The molecule has 0 spiro atoms. The molecule has 2 atom stereocenters. The third kappa shape index (κ3) is 8.64. The van der Waals surface area contributed by atoms with E-state index >= 15 is 0 Å². The van der Waals surface area contributed by atoms with E-state index in [9.17, 15) is 22.7 Å². The number of aliphatic hydroxyl groups is 1. The molecule has 0 saturated heterocycles. The SMILES string of the molecule is CN(C)S(=O)(=O)N(Cc1ccc(F)cc1)C[C@@H](O)[C@H](Cc1ccccc1)NC(=O)OCc1ccccc1. The summed E-state index contributed by atoms with van der Waals surface area (Å²) < 4.78 is 46.9. The molecule has 198 valence electrons. The molecule has 1 amide bonds. The van der Waals surface area contributed by atoms with Crippen LogP contribution >= 0.6 is 0 Å². The van der Waals surface area contributed by atoms with E-state index in [1.807, 2.05) is 60.7 Å². The van der Waals surface area contributed by atoms with Gasteiger partial charge in [-0.3, -0.25) is 0 Å². The van der Waals surface area contributed by atoms with Crippen molar-refractivity contribution in [3.63, 3.8) is 0 Å². The van der Waals surface area contributed by atoms with Crippen molar-refractivity contribution in [1.82, 2.24) is 13.9 Å². The number of halogens is 1. The van der Waals surface area contributed by atoms with Crippen molar-refractivity contribution in [3.8, 4) is 0 Å². The van der Waals surface area contributed by atoms with E-state index in [-0.39, 0.29) is 26.1 Å². The van der Waals surface area contributed by atoms with Crippen LogP contribution in [-0.4, -0.2) is 61.0 Å². The van der Waals surface area contributed by atoms with Crippen LogP contribution in [0.1, 0.15) is 16.7 Å². The van der Waals surface area contributed by atoms with Crippen molar-refractivity contribution >= 4 is 16.3 Å². The average molecular weight is 530 g/mol. The van der Waals surface area contributed by atoms with E-state index in [0.717, 1.165) is 19.7 Å². The Morgan fingerprint density at radius 1 is 0.919 bits per heavy atom. The van der Waals surface area contributed by atoms with E-state index in [1.54, 1.807) is 0 Å². The summed E-state index contributed by atoms with van der Waals surface area (Å²) >= 11 is 0. The van der Waals surface area contributed by atoms with Crippen molar-refractivity contribution < 1.29 is 27.4 Å². The third-order valence-corrected chi connectivity index (χ3v) is 7.58. The van der Waals surface area contributed by atoms with Gasteiger partial charge in [0.05, 0.1) is 12.1 Å². The molecule has 0 aliphatic rings. The van der Waals surface area contributed by atoms with Gasteiger partial charge < -0.3 is 15.2 Å². The summed E-state index contributed by atoms with van der Waals surface area (Å²) in [7, 11) is -1.18. The number of hydrogen-bond acceptors (Lipinski definition) is 5. The minimum atomic E-state index is -3.95. The molecule has 0 fully saturated rings. The lowest BCUT2D eigenvalue weighted by Crippen LogP contribution is -2.52. The maximum absolute atomic E-state index is 13.4. The second-order valence-corrected chi connectivity index (χ2v) is 10.9. The molecule has 2 N–H and O–H groups in total. The van der Waals surface area contributed by atoms with Crippen molar-refractivity contribution in [2.45, 2.75) is 31.7 Å². The number of hydrogen-bond donors (Lipinski definition) is 2. The fourth-order valence-electron chi connectivity index (χ4n) is 3.67. The molecule has 3 aromatic rings. The van der Waals surface area contributed by atoms with Gasteiger partial charge in [0.2, 0.25) is 0 Å². The minimum Gasteiger partial charge on any atom is -0.445 e. The molecule has 3 aromatic carbocycles. The van der Waals surface area contributed by atoms with Gasteiger partial charge in [0.15, 0.2) is 0 Å². The van der Waals surface area contributed by atoms with Gasteiger partial charge in [-0.2, -0.15) is 17.0 Å². The molecule has 0 saturated carbocycles. The van der Waals surface area contributed by atoms with Crippen LogP contribution in [0.4, 0.5) is 9.18 Å². The Morgan fingerprint density at radius 2 is 1.49 bits per heavy atom. The number of nitrogens with zero attached hydrogens (tertiary/aromatic N) is 2. The summed E-state index contributed by atoms with van der Waals surface area (Å²) in [5.41, 5.74) is 2.20. The monoisotopic (exact) mass is 529 g/mol. The molecule has 0 aromatic heterocycles. The average Bonchev–Trinajstić information content (AvgIpc) is 2.89.